The number of nitrogens with one attached hydrogen (secondary N) is 1. The summed E-state index contributed by atoms with van der Waals surface area (Å²) < 4.78 is 39.8. The van der Waals surface area contributed by atoms with Crippen molar-refractivity contribution in [2.75, 3.05) is 5.32 Å². The molecule has 0 aliphatic heterocycles. The molecule has 1 N–H and O–H groups in total. The maximum absolute atomic E-state index is 12.8. The van der Waals surface area contributed by atoms with Gasteiger partial charge in [0.05, 0.1) is 11.6 Å². The Morgan fingerprint density at radius 2 is 2.00 bits per heavy atom. The number of nitrogens with zero attached hydrogens (tertiary/aromatic N) is 4. The van der Waals surface area contributed by atoms with E-state index >= 15 is 0 Å². The fourth-order valence-corrected chi connectivity index (χ4v) is 3.30. The minimum Gasteiger partial charge on any atom is -0.366 e. The van der Waals surface area contributed by atoms with Gasteiger partial charge in [-0.15, -0.1) is 0 Å². The first-order valence-electron chi connectivity index (χ1n) is 7.61. The van der Waals surface area contributed by atoms with Crippen LogP contribution in [0.25, 0.3) is 5.78 Å². The molecular formula is C14H17ClF3N5. The van der Waals surface area contributed by atoms with E-state index in [0.29, 0.717) is 41.6 Å². The molecule has 2 aromatic heterocycles. The fourth-order valence-electron chi connectivity index (χ4n) is 2.99. The standard InChI is InChI=1S/C14H17ClF3N5/c1-2-10-11(15)12(23-13(22-10)19-7-20-23)21-9-5-3-8(4-6-9)14(16,17)18/h7-9,21H,2-6H2,1H3. The van der Waals surface area contributed by atoms with Crippen LogP contribution in [0, 0.1) is 5.92 Å². The number of hydrogen-bond acceptors (Lipinski definition) is 4. The van der Waals surface area contributed by atoms with Gasteiger partial charge >= 0.3 is 6.18 Å². The molecule has 126 valence electrons. The topological polar surface area (TPSA) is 55.1 Å². The van der Waals surface area contributed by atoms with Crippen molar-refractivity contribution in [3.8, 4) is 0 Å². The number of halogens is 4. The molecule has 0 atom stereocenters. The Bertz CT molecular complexity index is 692. The van der Waals surface area contributed by atoms with Crippen molar-refractivity contribution in [3.63, 3.8) is 0 Å². The molecule has 2 aromatic rings. The van der Waals surface area contributed by atoms with Crippen molar-refractivity contribution >= 4 is 23.2 Å². The predicted octanol–water partition coefficient (Wildman–Crippen LogP) is 3.87. The number of fused-ring (bicyclic) bond motifs is 1. The van der Waals surface area contributed by atoms with Crippen LogP contribution in [0.2, 0.25) is 5.02 Å². The molecule has 0 spiro atoms. The van der Waals surface area contributed by atoms with Crippen molar-refractivity contribution in [1.29, 1.82) is 0 Å². The Hall–Kier alpha value is -1.57. The van der Waals surface area contributed by atoms with Crippen LogP contribution in [0.4, 0.5) is 19.0 Å². The molecule has 0 aromatic carbocycles. The zero-order valence-electron chi connectivity index (χ0n) is 12.6. The highest BCUT2D eigenvalue weighted by Gasteiger charge is 2.41. The van der Waals surface area contributed by atoms with E-state index in [1.807, 2.05) is 6.92 Å². The molecule has 1 saturated carbocycles. The Labute approximate surface area is 136 Å². The van der Waals surface area contributed by atoms with Crippen LogP contribution in [0.15, 0.2) is 6.33 Å². The van der Waals surface area contributed by atoms with Crippen molar-refractivity contribution < 1.29 is 13.2 Å². The molecule has 9 heteroatoms. The van der Waals surface area contributed by atoms with Crippen LogP contribution in [-0.4, -0.2) is 31.8 Å². The second-order valence-corrected chi connectivity index (χ2v) is 6.16. The second kappa shape index (κ2) is 6.14. The van der Waals surface area contributed by atoms with E-state index in [-0.39, 0.29) is 18.9 Å². The van der Waals surface area contributed by atoms with Crippen molar-refractivity contribution in [3.05, 3.63) is 17.0 Å². The van der Waals surface area contributed by atoms with Crippen molar-refractivity contribution in [2.24, 2.45) is 5.92 Å². The van der Waals surface area contributed by atoms with Crippen LogP contribution in [0.3, 0.4) is 0 Å². The molecular weight excluding hydrogens is 331 g/mol. The lowest BCUT2D eigenvalue weighted by Crippen LogP contribution is -2.33. The van der Waals surface area contributed by atoms with Gasteiger partial charge in [-0.3, -0.25) is 0 Å². The number of hydrogen-bond donors (Lipinski definition) is 1. The van der Waals surface area contributed by atoms with Gasteiger partial charge < -0.3 is 5.32 Å². The molecule has 2 heterocycles. The van der Waals surface area contributed by atoms with Gasteiger partial charge in [-0.05, 0) is 32.1 Å². The first-order valence-corrected chi connectivity index (χ1v) is 7.99. The third-order valence-electron chi connectivity index (χ3n) is 4.30. The molecule has 0 saturated heterocycles. The minimum absolute atomic E-state index is 0.0643. The molecule has 1 fully saturated rings. The van der Waals surface area contributed by atoms with Gasteiger partial charge in [0.2, 0.25) is 0 Å². The smallest absolute Gasteiger partial charge is 0.366 e. The average Bonchev–Trinajstić information content (AvgIpc) is 2.97. The second-order valence-electron chi connectivity index (χ2n) is 5.78. The highest BCUT2D eigenvalue weighted by molar-refractivity contribution is 6.33. The highest BCUT2D eigenvalue weighted by atomic mass is 35.5. The summed E-state index contributed by atoms with van der Waals surface area (Å²) in [7, 11) is 0. The zero-order valence-corrected chi connectivity index (χ0v) is 13.3. The van der Waals surface area contributed by atoms with Gasteiger partial charge in [-0.1, -0.05) is 18.5 Å². The van der Waals surface area contributed by atoms with Crippen molar-refractivity contribution in [2.45, 2.75) is 51.2 Å². The normalized spacial score (nSPS) is 22.5. The van der Waals surface area contributed by atoms with E-state index in [2.05, 4.69) is 20.4 Å². The van der Waals surface area contributed by atoms with Crippen LogP contribution in [-0.2, 0) is 6.42 Å². The first-order chi connectivity index (χ1) is 10.9. The van der Waals surface area contributed by atoms with Crippen LogP contribution < -0.4 is 5.32 Å². The van der Waals surface area contributed by atoms with E-state index in [0.717, 1.165) is 0 Å². The maximum atomic E-state index is 12.8. The monoisotopic (exact) mass is 347 g/mol. The Morgan fingerprint density at radius 1 is 1.30 bits per heavy atom. The molecule has 0 unspecified atom stereocenters. The lowest BCUT2D eigenvalue weighted by molar-refractivity contribution is -0.182. The van der Waals surface area contributed by atoms with Crippen molar-refractivity contribution in [1.82, 2.24) is 19.6 Å². The summed E-state index contributed by atoms with van der Waals surface area (Å²) in [6, 6.07) is -0.0643. The highest BCUT2D eigenvalue weighted by Crippen LogP contribution is 2.38. The number of aryl methyl sites for hydroxylation is 1. The van der Waals surface area contributed by atoms with E-state index in [9.17, 15) is 13.2 Å². The van der Waals surface area contributed by atoms with E-state index in [1.165, 1.54) is 10.8 Å². The van der Waals surface area contributed by atoms with E-state index in [1.54, 1.807) is 0 Å². The molecule has 1 aliphatic carbocycles. The van der Waals surface area contributed by atoms with Crippen LogP contribution >= 0.6 is 11.6 Å². The minimum atomic E-state index is -4.10. The fraction of sp³-hybridized carbons (Fsp3) is 0.643. The van der Waals surface area contributed by atoms with Crippen LogP contribution in [0.1, 0.15) is 38.3 Å². The van der Waals surface area contributed by atoms with E-state index in [4.69, 9.17) is 11.6 Å². The molecule has 1 aliphatic rings. The SMILES string of the molecule is CCc1nc2ncnn2c(NC2CCC(C(F)(F)F)CC2)c1Cl. The van der Waals surface area contributed by atoms with Gasteiger partial charge in [0.25, 0.3) is 5.78 Å². The predicted molar refractivity (Wildman–Crippen MR) is 80.6 cm³/mol. The summed E-state index contributed by atoms with van der Waals surface area (Å²) in [6.45, 7) is 1.93. The number of alkyl halides is 3. The summed E-state index contributed by atoms with van der Waals surface area (Å²) in [5, 5.41) is 7.78. The average molecular weight is 348 g/mol. The molecule has 0 bridgehead atoms. The third-order valence-corrected chi connectivity index (χ3v) is 4.70. The number of rotatable bonds is 3. The Morgan fingerprint density at radius 3 is 2.61 bits per heavy atom. The third kappa shape index (κ3) is 3.22. The lowest BCUT2D eigenvalue weighted by atomic mass is 9.85. The summed E-state index contributed by atoms with van der Waals surface area (Å²) >= 11 is 6.37. The largest absolute Gasteiger partial charge is 0.391 e. The lowest BCUT2D eigenvalue weighted by Gasteiger charge is -2.31. The summed E-state index contributed by atoms with van der Waals surface area (Å²) in [5.74, 6) is -0.217. The quantitative estimate of drug-likeness (QED) is 0.915. The number of anilines is 1. The molecule has 23 heavy (non-hydrogen) atoms. The van der Waals surface area contributed by atoms with Gasteiger partial charge in [0.1, 0.15) is 11.3 Å². The number of aromatic nitrogens is 4. The summed E-state index contributed by atoms with van der Waals surface area (Å²) in [4.78, 5) is 8.38. The van der Waals surface area contributed by atoms with Gasteiger partial charge in [0.15, 0.2) is 5.82 Å². The van der Waals surface area contributed by atoms with Gasteiger partial charge in [-0.2, -0.15) is 27.8 Å². The molecule has 0 radical (unpaired) electrons. The summed E-state index contributed by atoms with van der Waals surface area (Å²) in [5.41, 5.74) is 0.693. The van der Waals surface area contributed by atoms with Crippen LogP contribution in [0.5, 0.6) is 0 Å². The Kier molecular flexibility index (Phi) is 4.35. The van der Waals surface area contributed by atoms with Gasteiger partial charge in [-0.25, -0.2) is 4.98 Å². The molecule has 5 nitrogen and oxygen atoms in total. The molecule has 0 amide bonds. The van der Waals surface area contributed by atoms with Gasteiger partial charge in [0, 0.05) is 6.04 Å². The summed E-state index contributed by atoms with van der Waals surface area (Å²) in [6.07, 6.45) is -0.938. The zero-order chi connectivity index (χ0) is 16.6. The Balaban J connectivity index is 1.80. The molecule has 3 rings (SSSR count). The van der Waals surface area contributed by atoms with E-state index < -0.39 is 12.1 Å². The first kappa shape index (κ1) is 16.3. The maximum Gasteiger partial charge on any atom is 0.391 e.